The van der Waals surface area contributed by atoms with Gasteiger partial charge in [-0.25, -0.2) is 8.78 Å². The Morgan fingerprint density at radius 1 is 0.889 bits per heavy atom. The molecule has 27 heavy (non-hydrogen) atoms. The third-order valence-corrected chi connectivity index (χ3v) is 5.73. The highest BCUT2D eigenvalue weighted by Crippen LogP contribution is 2.34. The Morgan fingerprint density at radius 2 is 1.52 bits per heavy atom. The van der Waals surface area contributed by atoms with Crippen molar-refractivity contribution in [3.63, 3.8) is 0 Å². The minimum Gasteiger partial charge on any atom is -0.353 e. The number of benzene rings is 1. The van der Waals surface area contributed by atoms with Gasteiger partial charge in [0.05, 0.1) is 0 Å². The van der Waals surface area contributed by atoms with Crippen molar-refractivity contribution in [3.8, 4) is 0 Å². The predicted octanol–water partition coefficient (Wildman–Crippen LogP) is 7.05. The van der Waals surface area contributed by atoms with Gasteiger partial charge in [0, 0.05) is 26.2 Å². The lowest BCUT2D eigenvalue weighted by Crippen LogP contribution is -2.41. The summed E-state index contributed by atoms with van der Waals surface area (Å²) < 4.78 is 38.5. The van der Waals surface area contributed by atoms with Crippen LogP contribution in [0.15, 0.2) is 18.2 Å². The Labute approximate surface area is 164 Å². The van der Waals surface area contributed by atoms with Crippen LogP contribution in [-0.2, 0) is 15.9 Å². The van der Waals surface area contributed by atoms with E-state index in [1.807, 2.05) is 0 Å². The smallest absolute Gasteiger partial charge is 0.170 e. The molecule has 0 aliphatic carbocycles. The second kappa shape index (κ2) is 13.2. The van der Waals surface area contributed by atoms with Gasteiger partial charge in [0.1, 0.15) is 11.6 Å². The summed E-state index contributed by atoms with van der Waals surface area (Å²) in [6.45, 7) is 4.31. The van der Waals surface area contributed by atoms with E-state index in [0.717, 1.165) is 38.2 Å². The number of halogens is 2. The van der Waals surface area contributed by atoms with Crippen LogP contribution in [-0.4, -0.2) is 20.0 Å². The molecule has 2 nitrogen and oxygen atoms in total. The van der Waals surface area contributed by atoms with Gasteiger partial charge in [-0.3, -0.25) is 0 Å². The average Bonchev–Trinajstić information content (AvgIpc) is 2.67. The monoisotopic (exact) mass is 384 g/mol. The zero-order valence-corrected chi connectivity index (χ0v) is 17.7. The van der Waals surface area contributed by atoms with E-state index in [4.69, 9.17) is 9.47 Å². The fraction of sp³-hybridized carbons (Fsp3) is 0.739. The van der Waals surface area contributed by atoms with Crippen LogP contribution in [0.1, 0.15) is 83.6 Å². The van der Waals surface area contributed by atoms with Crippen molar-refractivity contribution in [1.82, 2.24) is 0 Å². The Hall–Kier alpha value is -1.00. The van der Waals surface area contributed by atoms with Crippen molar-refractivity contribution >= 4 is 0 Å². The molecule has 0 aliphatic rings. The van der Waals surface area contributed by atoms with Crippen molar-refractivity contribution < 1.29 is 18.3 Å². The van der Waals surface area contributed by atoms with E-state index in [9.17, 15) is 8.78 Å². The van der Waals surface area contributed by atoms with Gasteiger partial charge in [0.25, 0.3) is 0 Å². The summed E-state index contributed by atoms with van der Waals surface area (Å²) >= 11 is 0. The molecule has 0 heterocycles. The van der Waals surface area contributed by atoms with E-state index in [1.54, 1.807) is 20.3 Å². The molecule has 0 aliphatic heterocycles. The van der Waals surface area contributed by atoms with Gasteiger partial charge in [-0.15, -0.1) is 0 Å². The van der Waals surface area contributed by atoms with Crippen LogP contribution in [0.3, 0.4) is 0 Å². The molecule has 0 saturated heterocycles. The lowest BCUT2D eigenvalue weighted by Gasteiger charge is -2.38. The molecule has 0 bridgehead atoms. The fourth-order valence-corrected chi connectivity index (χ4v) is 4.01. The first-order chi connectivity index (χ1) is 13.0. The lowest BCUT2D eigenvalue weighted by atomic mass is 9.85. The van der Waals surface area contributed by atoms with Gasteiger partial charge in [-0.05, 0) is 43.7 Å². The number of hydrogen-bond acceptors (Lipinski definition) is 2. The molecule has 4 heteroatoms. The van der Waals surface area contributed by atoms with E-state index in [2.05, 4.69) is 13.8 Å². The summed E-state index contributed by atoms with van der Waals surface area (Å²) in [5.74, 6) is -1.29. The number of unbranched alkanes of at least 4 members (excludes halogenated alkanes) is 5. The first-order valence-electron chi connectivity index (χ1n) is 10.6. The Bertz CT molecular complexity index is 507. The first kappa shape index (κ1) is 24.0. The summed E-state index contributed by atoms with van der Waals surface area (Å²) in [6, 6.07) is 3.84. The van der Waals surface area contributed by atoms with Crippen LogP contribution in [0.25, 0.3) is 0 Å². The second-order valence-corrected chi connectivity index (χ2v) is 7.45. The minimum atomic E-state index is -0.579. The summed E-state index contributed by atoms with van der Waals surface area (Å²) in [5.41, 5.74) is 0.576. The van der Waals surface area contributed by atoms with E-state index in [-0.39, 0.29) is 5.92 Å². The predicted molar refractivity (Wildman–Crippen MR) is 108 cm³/mol. The van der Waals surface area contributed by atoms with E-state index < -0.39 is 17.4 Å². The molecule has 0 saturated carbocycles. The third-order valence-electron chi connectivity index (χ3n) is 5.73. The Balaban J connectivity index is 2.61. The van der Waals surface area contributed by atoms with Gasteiger partial charge in [-0.2, -0.15) is 0 Å². The second-order valence-electron chi connectivity index (χ2n) is 7.45. The van der Waals surface area contributed by atoms with Crippen LogP contribution in [0, 0.1) is 17.6 Å². The van der Waals surface area contributed by atoms with Crippen LogP contribution in [0.2, 0.25) is 0 Å². The maximum Gasteiger partial charge on any atom is 0.170 e. The molecule has 1 atom stereocenters. The molecular weight excluding hydrogens is 346 g/mol. The van der Waals surface area contributed by atoms with Crippen molar-refractivity contribution in [2.24, 2.45) is 5.92 Å². The molecule has 1 aromatic carbocycles. The fourth-order valence-electron chi connectivity index (χ4n) is 4.01. The van der Waals surface area contributed by atoms with Gasteiger partial charge in [0.15, 0.2) is 5.79 Å². The van der Waals surface area contributed by atoms with Gasteiger partial charge < -0.3 is 9.47 Å². The summed E-state index contributed by atoms with van der Waals surface area (Å²) in [6.07, 6.45) is 11.7. The zero-order valence-electron chi connectivity index (χ0n) is 17.7. The highest BCUT2D eigenvalue weighted by molar-refractivity contribution is 5.18. The molecule has 1 aromatic rings. The minimum absolute atomic E-state index is 0.271. The molecule has 0 spiro atoms. The van der Waals surface area contributed by atoms with E-state index in [1.165, 1.54) is 38.2 Å². The molecule has 0 N–H and O–H groups in total. The molecule has 0 amide bonds. The number of methoxy groups -OCH3 is 2. The third kappa shape index (κ3) is 7.87. The van der Waals surface area contributed by atoms with Crippen molar-refractivity contribution in [2.45, 2.75) is 90.3 Å². The van der Waals surface area contributed by atoms with E-state index >= 15 is 0 Å². The Kier molecular flexibility index (Phi) is 11.8. The number of ether oxygens (including phenoxy) is 2. The molecule has 1 rings (SSSR count). The molecule has 156 valence electrons. The maximum absolute atomic E-state index is 13.9. The number of rotatable bonds is 15. The quantitative estimate of drug-likeness (QED) is 0.238. The highest BCUT2D eigenvalue weighted by atomic mass is 19.1. The van der Waals surface area contributed by atoms with Gasteiger partial charge >= 0.3 is 0 Å². The maximum atomic E-state index is 13.9. The number of hydrogen-bond donors (Lipinski definition) is 0. The van der Waals surface area contributed by atoms with E-state index in [0.29, 0.717) is 12.0 Å². The van der Waals surface area contributed by atoms with Crippen molar-refractivity contribution in [2.75, 3.05) is 14.2 Å². The van der Waals surface area contributed by atoms with Crippen LogP contribution < -0.4 is 0 Å². The molecule has 0 fully saturated rings. The van der Waals surface area contributed by atoms with Crippen molar-refractivity contribution in [1.29, 1.82) is 0 Å². The summed E-state index contributed by atoms with van der Waals surface area (Å²) in [4.78, 5) is 0. The van der Waals surface area contributed by atoms with Crippen LogP contribution in [0.4, 0.5) is 8.78 Å². The number of aryl methyl sites for hydroxylation is 1. The topological polar surface area (TPSA) is 18.5 Å². The summed E-state index contributed by atoms with van der Waals surface area (Å²) in [5, 5.41) is 0. The average molecular weight is 385 g/mol. The molecule has 0 aromatic heterocycles. The normalized spacial score (nSPS) is 13.1. The largest absolute Gasteiger partial charge is 0.353 e. The molecule has 1 unspecified atom stereocenters. The highest BCUT2D eigenvalue weighted by Gasteiger charge is 2.36. The lowest BCUT2D eigenvalue weighted by molar-refractivity contribution is -0.244. The van der Waals surface area contributed by atoms with Gasteiger partial charge in [0.2, 0.25) is 0 Å². The SMILES string of the molecule is CCCCCCCCC(CCCc1ccc(F)cc1F)C(CC)(OC)OC. The first-order valence-corrected chi connectivity index (χ1v) is 10.6. The summed E-state index contributed by atoms with van der Waals surface area (Å²) in [7, 11) is 3.42. The van der Waals surface area contributed by atoms with Crippen LogP contribution in [0.5, 0.6) is 0 Å². The van der Waals surface area contributed by atoms with Crippen molar-refractivity contribution in [3.05, 3.63) is 35.4 Å². The Morgan fingerprint density at radius 3 is 2.11 bits per heavy atom. The molecular formula is C23H38F2O2. The zero-order chi connectivity index (χ0) is 20.1. The molecule has 0 radical (unpaired) electrons. The standard InChI is InChI=1S/C23H38F2O2/c1-5-7-8-9-10-11-14-20(23(6-2,26-3)27-4)15-12-13-19-16-17-21(24)18-22(19)25/h16-18,20H,5-15H2,1-4H3. The van der Waals surface area contributed by atoms with Crippen LogP contribution >= 0.6 is 0 Å². The van der Waals surface area contributed by atoms with Gasteiger partial charge in [-0.1, -0.05) is 58.4 Å².